The van der Waals surface area contributed by atoms with E-state index in [2.05, 4.69) is 5.32 Å². The number of hydrogen-bond acceptors (Lipinski definition) is 3. The molecular weight excluding hydrogens is 208 g/mol. The summed E-state index contributed by atoms with van der Waals surface area (Å²) in [5, 5.41) is 3.09. The molecule has 2 fully saturated rings. The minimum absolute atomic E-state index is 0.0984. The predicted octanol–water partition coefficient (Wildman–Crippen LogP) is 1.13. The largest absolute Gasteiger partial charge is 0.352 e. The first-order valence-electron chi connectivity index (χ1n) is 5.88. The van der Waals surface area contributed by atoms with Gasteiger partial charge in [0.15, 0.2) is 0 Å². The Morgan fingerprint density at radius 2 is 2.27 bits per heavy atom. The van der Waals surface area contributed by atoms with Crippen LogP contribution < -0.4 is 11.1 Å². The highest BCUT2D eigenvalue weighted by molar-refractivity contribution is 7.99. The zero-order chi connectivity index (χ0) is 10.7. The van der Waals surface area contributed by atoms with E-state index in [9.17, 15) is 4.79 Å². The van der Waals surface area contributed by atoms with Crippen LogP contribution >= 0.6 is 11.8 Å². The maximum atomic E-state index is 11.7. The van der Waals surface area contributed by atoms with Crippen LogP contribution in [0.4, 0.5) is 0 Å². The van der Waals surface area contributed by atoms with Crippen molar-refractivity contribution < 1.29 is 4.79 Å². The fourth-order valence-corrected chi connectivity index (χ4v) is 3.12. The summed E-state index contributed by atoms with van der Waals surface area (Å²) in [5.41, 5.74) is 5.92. The van der Waals surface area contributed by atoms with E-state index in [1.807, 2.05) is 11.8 Å². The van der Waals surface area contributed by atoms with E-state index in [-0.39, 0.29) is 11.9 Å². The molecule has 1 amide bonds. The molecule has 1 saturated carbocycles. The van der Waals surface area contributed by atoms with Crippen LogP contribution in [0.15, 0.2) is 0 Å². The number of carbonyl (C=O) groups is 1. The number of rotatable bonds is 4. The van der Waals surface area contributed by atoms with Crippen LogP contribution in [-0.4, -0.2) is 29.5 Å². The second-order valence-electron chi connectivity index (χ2n) is 4.69. The molecule has 2 atom stereocenters. The standard InChI is InChI=1S/C11H20N2OS/c12-10(8-3-4-8)6-11(14)13-9-2-1-5-15-7-9/h8-10H,1-7,12H2,(H,13,14). The molecule has 86 valence electrons. The summed E-state index contributed by atoms with van der Waals surface area (Å²) in [6.45, 7) is 0. The molecule has 0 aromatic carbocycles. The highest BCUT2D eigenvalue weighted by Gasteiger charge is 2.30. The number of carbonyl (C=O) groups excluding carboxylic acids is 1. The zero-order valence-corrected chi connectivity index (χ0v) is 9.89. The van der Waals surface area contributed by atoms with E-state index in [1.54, 1.807) is 0 Å². The van der Waals surface area contributed by atoms with E-state index >= 15 is 0 Å². The van der Waals surface area contributed by atoms with Crippen LogP contribution in [-0.2, 0) is 4.79 Å². The van der Waals surface area contributed by atoms with Crippen molar-refractivity contribution in [1.82, 2.24) is 5.32 Å². The molecule has 1 heterocycles. The van der Waals surface area contributed by atoms with Gasteiger partial charge in [-0.15, -0.1) is 0 Å². The summed E-state index contributed by atoms with van der Waals surface area (Å²) in [6.07, 6.45) is 5.31. The number of hydrogen-bond donors (Lipinski definition) is 2. The molecule has 2 aliphatic rings. The smallest absolute Gasteiger partial charge is 0.221 e. The van der Waals surface area contributed by atoms with Crippen molar-refractivity contribution in [3.63, 3.8) is 0 Å². The molecule has 1 aliphatic carbocycles. The van der Waals surface area contributed by atoms with Gasteiger partial charge in [0.2, 0.25) is 5.91 Å². The third-order valence-corrected chi connectivity index (χ3v) is 4.39. The average Bonchev–Trinajstić information content (AvgIpc) is 3.01. The summed E-state index contributed by atoms with van der Waals surface area (Å²) >= 11 is 1.94. The highest BCUT2D eigenvalue weighted by atomic mass is 32.2. The third-order valence-electron chi connectivity index (χ3n) is 3.17. The molecule has 4 heteroatoms. The predicted molar refractivity (Wildman–Crippen MR) is 63.8 cm³/mol. The zero-order valence-electron chi connectivity index (χ0n) is 9.08. The van der Waals surface area contributed by atoms with Gasteiger partial charge >= 0.3 is 0 Å². The second-order valence-corrected chi connectivity index (χ2v) is 5.84. The molecule has 1 aliphatic heterocycles. The SMILES string of the molecule is NC(CC(=O)NC1CCCSC1)C1CC1. The van der Waals surface area contributed by atoms with Crippen molar-refractivity contribution in [2.75, 3.05) is 11.5 Å². The molecule has 0 aromatic heterocycles. The molecule has 3 nitrogen and oxygen atoms in total. The Bertz CT molecular complexity index is 225. The van der Waals surface area contributed by atoms with E-state index in [0.29, 0.717) is 18.4 Å². The van der Waals surface area contributed by atoms with Crippen LogP contribution in [0.2, 0.25) is 0 Å². The Balaban J connectivity index is 1.66. The minimum atomic E-state index is 0.0984. The lowest BCUT2D eigenvalue weighted by atomic mass is 10.1. The lowest BCUT2D eigenvalue weighted by Crippen LogP contribution is -2.41. The lowest BCUT2D eigenvalue weighted by Gasteiger charge is -2.23. The van der Waals surface area contributed by atoms with Gasteiger partial charge in [-0.05, 0) is 37.4 Å². The first-order chi connectivity index (χ1) is 7.25. The molecule has 0 aromatic rings. The van der Waals surface area contributed by atoms with Gasteiger partial charge in [-0.2, -0.15) is 11.8 Å². The van der Waals surface area contributed by atoms with Gasteiger partial charge < -0.3 is 11.1 Å². The van der Waals surface area contributed by atoms with Crippen LogP contribution in [0.5, 0.6) is 0 Å². The fourth-order valence-electron chi connectivity index (χ4n) is 2.05. The van der Waals surface area contributed by atoms with Crippen LogP contribution in [0.3, 0.4) is 0 Å². The van der Waals surface area contributed by atoms with Crippen LogP contribution in [0.1, 0.15) is 32.1 Å². The molecule has 15 heavy (non-hydrogen) atoms. The van der Waals surface area contributed by atoms with Crippen molar-refractivity contribution in [2.24, 2.45) is 11.7 Å². The van der Waals surface area contributed by atoms with Crippen molar-refractivity contribution in [2.45, 2.75) is 44.2 Å². The fraction of sp³-hybridized carbons (Fsp3) is 0.909. The van der Waals surface area contributed by atoms with Crippen LogP contribution in [0, 0.1) is 5.92 Å². The van der Waals surface area contributed by atoms with E-state index in [1.165, 1.54) is 25.0 Å². The summed E-state index contributed by atoms with van der Waals surface area (Å²) < 4.78 is 0. The topological polar surface area (TPSA) is 55.1 Å². The second kappa shape index (κ2) is 5.21. The first kappa shape index (κ1) is 11.3. The first-order valence-corrected chi connectivity index (χ1v) is 7.04. The lowest BCUT2D eigenvalue weighted by molar-refractivity contribution is -0.122. The molecule has 0 bridgehead atoms. The van der Waals surface area contributed by atoms with Gasteiger partial charge in [0, 0.05) is 24.3 Å². The Hall–Kier alpha value is -0.220. The Kier molecular flexibility index (Phi) is 3.92. The maximum absolute atomic E-state index is 11.7. The Morgan fingerprint density at radius 3 is 2.87 bits per heavy atom. The van der Waals surface area contributed by atoms with Gasteiger partial charge in [0.1, 0.15) is 0 Å². The molecule has 1 saturated heterocycles. The van der Waals surface area contributed by atoms with E-state index in [4.69, 9.17) is 5.73 Å². The quantitative estimate of drug-likeness (QED) is 0.758. The Labute approximate surface area is 95.6 Å². The highest BCUT2D eigenvalue weighted by Crippen LogP contribution is 2.32. The van der Waals surface area contributed by atoms with Gasteiger partial charge in [0.25, 0.3) is 0 Å². The summed E-state index contributed by atoms with van der Waals surface area (Å²) in [4.78, 5) is 11.7. The van der Waals surface area contributed by atoms with E-state index in [0.717, 1.165) is 12.2 Å². The van der Waals surface area contributed by atoms with Crippen molar-refractivity contribution in [3.05, 3.63) is 0 Å². The van der Waals surface area contributed by atoms with Gasteiger partial charge in [-0.3, -0.25) is 4.79 Å². The molecule has 0 radical (unpaired) electrons. The summed E-state index contributed by atoms with van der Waals surface area (Å²) in [5.74, 6) is 3.09. The number of nitrogens with two attached hydrogens (primary N) is 1. The molecule has 0 spiro atoms. The summed E-state index contributed by atoms with van der Waals surface area (Å²) in [6, 6.07) is 0.490. The molecule has 2 rings (SSSR count). The van der Waals surface area contributed by atoms with E-state index < -0.39 is 0 Å². The average molecular weight is 228 g/mol. The third kappa shape index (κ3) is 3.68. The summed E-state index contributed by atoms with van der Waals surface area (Å²) in [7, 11) is 0. The number of nitrogens with one attached hydrogen (secondary N) is 1. The van der Waals surface area contributed by atoms with Crippen LogP contribution in [0.25, 0.3) is 0 Å². The van der Waals surface area contributed by atoms with Gasteiger partial charge in [-0.1, -0.05) is 0 Å². The molecule has 3 N–H and O–H groups in total. The number of amides is 1. The van der Waals surface area contributed by atoms with Crippen molar-refractivity contribution in [3.8, 4) is 0 Å². The van der Waals surface area contributed by atoms with Gasteiger partial charge in [0.05, 0.1) is 0 Å². The minimum Gasteiger partial charge on any atom is -0.352 e. The normalized spacial score (nSPS) is 28.5. The monoisotopic (exact) mass is 228 g/mol. The number of thioether (sulfide) groups is 1. The Morgan fingerprint density at radius 1 is 1.47 bits per heavy atom. The maximum Gasteiger partial charge on any atom is 0.221 e. The molecule has 2 unspecified atom stereocenters. The van der Waals surface area contributed by atoms with Crippen molar-refractivity contribution >= 4 is 17.7 Å². The van der Waals surface area contributed by atoms with Crippen molar-refractivity contribution in [1.29, 1.82) is 0 Å². The molecular formula is C11H20N2OS. The van der Waals surface area contributed by atoms with Gasteiger partial charge in [-0.25, -0.2) is 0 Å².